The summed E-state index contributed by atoms with van der Waals surface area (Å²) in [5, 5.41) is 8.91. The van der Waals surface area contributed by atoms with Gasteiger partial charge >= 0.3 is 5.97 Å². The monoisotopic (exact) mass is 259 g/mol. The maximum atomic E-state index is 11.6. The Morgan fingerprint density at radius 2 is 2.16 bits per heavy atom. The zero-order valence-corrected chi connectivity index (χ0v) is 11.4. The van der Waals surface area contributed by atoms with Crippen LogP contribution in [0.25, 0.3) is 0 Å². The molecule has 0 spiro atoms. The number of nitrogens with zero attached hydrogens (tertiary/aromatic N) is 1. The van der Waals surface area contributed by atoms with Gasteiger partial charge in [-0.3, -0.25) is 4.79 Å². The second-order valence-corrected chi connectivity index (χ2v) is 4.89. The Bertz CT molecular complexity index is 527. The molecule has 0 aliphatic heterocycles. The zero-order chi connectivity index (χ0) is 14.5. The van der Waals surface area contributed by atoms with Crippen molar-refractivity contribution < 1.29 is 14.3 Å². The second-order valence-electron chi connectivity index (χ2n) is 4.89. The fourth-order valence-electron chi connectivity index (χ4n) is 1.63. The average Bonchev–Trinajstić information content (AvgIpc) is 2.39. The Kier molecular flexibility index (Phi) is 4.82. The highest BCUT2D eigenvalue weighted by atomic mass is 16.5. The normalized spacial score (nSPS) is 10.6. The summed E-state index contributed by atoms with van der Waals surface area (Å²) >= 11 is 0. The van der Waals surface area contributed by atoms with Gasteiger partial charge in [0.15, 0.2) is 0 Å². The minimum atomic E-state index is -0.811. The standard InChI is InChI=1S/C15H17NO3/c1-4-5-14(18)19-13-7-6-11(9-16)8-12(13)15(2,3)10-17/h6-8,10H,4-5H2,1-3H3. The van der Waals surface area contributed by atoms with Gasteiger partial charge in [-0.25, -0.2) is 0 Å². The van der Waals surface area contributed by atoms with Gasteiger partial charge in [-0.15, -0.1) is 0 Å². The molecule has 0 saturated heterocycles. The molecule has 100 valence electrons. The predicted octanol–water partition coefficient (Wildman–Crippen LogP) is 2.74. The Labute approximate surface area is 113 Å². The number of carbonyl (C=O) groups is 2. The molecule has 0 atom stereocenters. The van der Waals surface area contributed by atoms with Crippen LogP contribution in [-0.4, -0.2) is 12.3 Å². The largest absolute Gasteiger partial charge is 0.426 e. The lowest BCUT2D eigenvalue weighted by Crippen LogP contribution is -2.21. The molecular weight excluding hydrogens is 242 g/mol. The predicted molar refractivity (Wildman–Crippen MR) is 70.8 cm³/mol. The molecule has 0 heterocycles. The molecule has 0 aliphatic rings. The van der Waals surface area contributed by atoms with E-state index in [9.17, 15) is 9.59 Å². The third-order valence-electron chi connectivity index (χ3n) is 2.78. The molecule has 0 saturated carbocycles. The molecule has 1 rings (SSSR count). The minimum Gasteiger partial charge on any atom is -0.426 e. The highest BCUT2D eigenvalue weighted by molar-refractivity contribution is 5.75. The highest BCUT2D eigenvalue weighted by Gasteiger charge is 2.25. The fourth-order valence-corrected chi connectivity index (χ4v) is 1.63. The number of hydrogen-bond donors (Lipinski definition) is 0. The Morgan fingerprint density at radius 3 is 2.68 bits per heavy atom. The van der Waals surface area contributed by atoms with Crippen LogP contribution in [0.4, 0.5) is 0 Å². The lowest BCUT2D eigenvalue weighted by molar-refractivity contribution is -0.134. The maximum absolute atomic E-state index is 11.6. The van der Waals surface area contributed by atoms with E-state index in [1.807, 2.05) is 13.0 Å². The van der Waals surface area contributed by atoms with Crippen molar-refractivity contribution in [2.45, 2.75) is 39.0 Å². The lowest BCUT2D eigenvalue weighted by Gasteiger charge is -2.21. The Balaban J connectivity index is 3.21. The van der Waals surface area contributed by atoms with E-state index < -0.39 is 5.41 Å². The highest BCUT2D eigenvalue weighted by Crippen LogP contribution is 2.31. The van der Waals surface area contributed by atoms with Crippen LogP contribution in [0.2, 0.25) is 0 Å². The number of rotatable bonds is 5. The number of nitriles is 1. The van der Waals surface area contributed by atoms with Crippen LogP contribution in [0, 0.1) is 11.3 Å². The van der Waals surface area contributed by atoms with Crippen molar-refractivity contribution in [2.24, 2.45) is 0 Å². The molecule has 1 aromatic carbocycles. The second kappa shape index (κ2) is 6.14. The lowest BCUT2D eigenvalue weighted by atomic mass is 9.85. The van der Waals surface area contributed by atoms with E-state index in [2.05, 4.69) is 0 Å². The molecule has 0 N–H and O–H groups in total. The molecule has 0 aliphatic carbocycles. The van der Waals surface area contributed by atoms with Crippen molar-refractivity contribution in [3.05, 3.63) is 29.3 Å². The topological polar surface area (TPSA) is 67.2 Å². The van der Waals surface area contributed by atoms with Crippen molar-refractivity contribution in [3.63, 3.8) is 0 Å². The van der Waals surface area contributed by atoms with Crippen LogP contribution in [0.5, 0.6) is 5.75 Å². The summed E-state index contributed by atoms with van der Waals surface area (Å²) in [7, 11) is 0. The average molecular weight is 259 g/mol. The van der Waals surface area contributed by atoms with Crippen LogP contribution in [-0.2, 0) is 15.0 Å². The van der Waals surface area contributed by atoms with Gasteiger partial charge in [0.05, 0.1) is 11.6 Å². The molecular formula is C15H17NO3. The third kappa shape index (κ3) is 3.65. The molecule has 0 aromatic heterocycles. The molecule has 0 fully saturated rings. The van der Waals surface area contributed by atoms with Crippen molar-refractivity contribution in [3.8, 4) is 11.8 Å². The first-order chi connectivity index (χ1) is 8.94. The summed E-state index contributed by atoms with van der Waals surface area (Å²) in [6.07, 6.45) is 1.79. The van der Waals surface area contributed by atoms with Gasteiger partial charge < -0.3 is 9.53 Å². The summed E-state index contributed by atoms with van der Waals surface area (Å²) < 4.78 is 5.27. The van der Waals surface area contributed by atoms with Gasteiger partial charge in [-0.05, 0) is 38.5 Å². The number of benzene rings is 1. The summed E-state index contributed by atoms with van der Waals surface area (Å²) in [5.41, 5.74) is 0.167. The van der Waals surface area contributed by atoms with Crippen LogP contribution in [0.3, 0.4) is 0 Å². The molecule has 19 heavy (non-hydrogen) atoms. The number of hydrogen-bond acceptors (Lipinski definition) is 4. The van der Waals surface area contributed by atoms with E-state index in [0.29, 0.717) is 29.7 Å². The zero-order valence-electron chi connectivity index (χ0n) is 11.4. The van der Waals surface area contributed by atoms with Crippen LogP contribution < -0.4 is 4.74 Å². The number of ether oxygens (including phenoxy) is 1. The van der Waals surface area contributed by atoms with Crippen LogP contribution >= 0.6 is 0 Å². The van der Waals surface area contributed by atoms with Crippen molar-refractivity contribution in [1.29, 1.82) is 5.26 Å². The van der Waals surface area contributed by atoms with Gasteiger partial charge in [0, 0.05) is 17.4 Å². The van der Waals surface area contributed by atoms with Crippen molar-refractivity contribution in [1.82, 2.24) is 0 Å². The summed E-state index contributed by atoms with van der Waals surface area (Å²) in [6, 6.07) is 6.73. The Hall–Kier alpha value is -2.15. The molecule has 0 unspecified atom stereocenters. The quantitative estimate of drug-likeness (QED) is 0.463. The summed E-state index contributed by atoms with van der Waals surface area (Å²) in [5.74, 6) is 0.00436. The molecule has 4 heteroatoms. The van der Waals surface area contributed by atoms with Crippen molar-refractivity contribution >= 4 is 12.3 Å². The van der Waals surface area contributed by atoms with Crippen molar-refractivity contribution in [2.75, 3.05) is 0 Å². The first-order valence-corrected chi connectivity index (χ1v) is 6.16. The van der Waals surface area contributed by atoms with E-state index in [1.54, 1.807) is 32.0 Å². The SMILES string of the molecule is CCCC(=O)Oc1ccc(C#N)cc1C(C)(C)C=O. The molecule has 4 nitrogen and oxygen atoms in total. The maximum Gasteiger partial charge on any atom is 0.311 e. The minimum absolute atomic E-state index is 0.320. The van der Waals surface area contributed by atoms with E-state index in [1.165, 1.54) is 0 Å². The van der Waals surface area contributed by atoms with Gasteiger partial charge in [-0.1, -0.05) is 6.92 Å². The third-order valence-corrected chi connectivity index (χ3v) is 2.78. The molecule has 1 aromatic rings. The first kappa shape index (κ1) is 14.9. The number of esters is 1. The van der Waals surface area contributed by atoms with Gasteiger partial charge in [0.1, 0.15) is 12.0 Å². The number of carbonyl (C=O) groups excluding carboxylic acids is 2. The van der Waals surface area contributed by atoms with Crippen LogP contribution in [0.15, 0.2) is 18.2 Å². The van der Waals surface area contributed by atoms with Crippen LogP contribution in [0.1, 0.15) is 44.7 Å². The van der Waals surface area contributed by atoms with Gasteiger partial charge in [0.2, 0.25) is 0 Å². The van der Waals surface area contributed by atoms with E-state index in [-0.39, 0.29) is 5.97 Å². The van der Waals surface area contributed by atoms with E-state index >= 15 is 0 Å². The first-order valence-electron chi connectivity index (χ1n) is 6.16. The Morgan fingerprint density at radius 1 is 1.47 bits per heavy atom. The molecule has 0 amide bonds. The smallest absolute Gasteiger partial charge is 0.311 e. The molecule has 0 bridgehead atoms. The van der Waals surface area contributed by atoms with Gasteiger partial charge in [-0.2, -0.15) is 5.26 Å². The fraction of sp³-hybridized carbons (Fsp3) is 0.400. The van der Waals surface area contributed by atoms with E-state index in [4.69, 9.17) is 10.00 Å². The number of aldehydes is 1. The van der Waals surface area contributed by atoms with Gasteiger partial charge in [0.25, 0.3) is 0 Å². The van der Waals surface area contributed by atoms with E-state index in [0.717, 1.165) is 6.29 Å². The molecule has 0 radical (unpaired) electrons. The summed E-state index contributed by atoms with van der Waals surface area (Å²) in [4.78, 5) is 22.7. The summed E-state index contributed by atoms with van der Waals surface area (Å²) in [6.45, 7) is 5.32.